The van der Waals surface area contributed by atoms with E-state index in [1.165, 1.54) is 11.1 Å². The van der Waals surface area contributed by atoms with E-state index in [1.54, 1.807) is 0 Å². The van der Waals surface area contributed by atoms with E-state index in [0.717, 1.165) is 18.8 Å². The summed E-state index contributed by atoms with van der Waals surface area (Å²) in [7, 11) is 1.94. The first kappa shape index (κ1) is 9.45. The average molecular weight is 217 g/mol. The number of hydrogen-bond donors (Lipinski definition) is 1. The maximum atomic E-state index is 4.44. The van der Waals surface area contributed by atoms with Crippen LogP contribution in [0.1, 0.15) is 23.6 Å². The highest BCUT2D eigenvalue weighted by Gasteiger charge is 2.23. The van der Waals surface area contributed by atoms with Gasteiger partial charge in [0, 0.05) is 30.9 Å². The molecule has 0 saturated carbocycles. The molecule has 2 aromatic rings. The Bertz CT molecular complexity index is 510. The number of hydrogen-bond acceptors (Lipinski definition) is 3. The van der Waals surface area contributed by atoms with E-state index in [2.05, 4.69) is 33.3 Å². The topological polar surface area (TPSA) is 47.7 Å². The van der Waals surface area contributed by atoms with Crippen LogP contribution in [0, 0.1) is 6.92 Å². The van der Waals surface area contributed by atoms with Crippen molar-refractivity contribution in [3.63, 3.8) is 0 Å². The van der Waals surface area contributed by atoms with Gasteiger partial charge >= 0.3 is 0 Å². The van der Waals surface area contributed by atoms with Gasteiger partial charge < -0.3 is 5.32 Å². The van der Waals surface area contributed by atoms with Gasteiger partial charge in [0.25, 0.3) is 0 Å². The molecule has 0 amide bonds. The monoisotopic (exact) mass is 217 g/mol. The largest absolute Gasteiger partial charge is 0.370 e. The van der Waals surface area contributed by atoms with Crippen molar-refractivity contribution in [3.8, 4) is 0 Å². The highest BCUT2D eigenvalue weighted by Crippen LogP contribution is 2.30. The van der Waals surface area contributed by atoms with Crippen LogP contribution in [0.25, 0.3) is 0 Å². The Morgan fingerprint density at radius 3 is 3.00 bits per heavy atom. The fraction of sp³-hybridized carbons (Fsp3) is 0.455. The summed E-state index contributed by atoms with van der Waals surface area (Å²) in [5, 5.41) is 12.1. The Morgan fingerprint density at radius 1 is 1.38 bits per heavy atom. The van der Waals surface area contributed by atoms with E-state index in [-0.39, 0.29) is 0 Å². The number of anilines is 1. The van der Waals surface area contributed by atoms with Crippen molar-refractivity contribution in [2.24, 2.45) is 7.05 Å². The summed E-state index contributed by atoms with van der Waals surface area (Å²) < 4.78 is 3.91. The molecule has 3 heterocycles. The summed E-state index contributed by atoms with van der Waals surface area (Å²) in [6, 6.07) is 0.318. The summed E-state index contributed by atoms with van der Waals surface area (Å²) in [5.74, 6) is 1.14. The normalized spacial score (nSPS) is 19.2. The highest BCUT2D eigenvalue weighted by atomic mass is 15.4. The predicted molar refractivity (Wildman–Crippen MR) is 61.4 cm³/mol. The van der Waals surface area contributed by atoms with Crippen LogP contribution in [0.3, 0.4) is 0 Å². The maximum Gasteiger partial charge on any atom is 0.127 e. The minimum atomic E-state index is 0.318. The van der Waals surface area contributed by atoms with Crippen molar-refractivity contribution in [2.45, 2.75) is 19.4 Å². The average Bonchev–Trinajstić information content (AvgIpc) is 2.86. The molecule has 0 bridgehead atoms. The summed E-state index contributed by atoms with van der Waals surface area (Å²) >= 11 is 0. The Hall–Kier alpha value is -1.78. The van der Waals surface area contributed by atoms with Gasteiger partial charge in [0.2, 0.25) is 0 Å². The van der Waals surface area contributed by atoms with Gasteiger partial charge in [0.1, 0.15) is 5.82 Å². The van der Waals surface area contributed by atoms with Gasteiger partial charge in [-0.1, -0.05) is 0 Å². The minimum absolute atomic E-state index is 0.318. The number of aromatic nitrogens is 4. The van der Waals surface area contributed by atoms with Gasteiger partial charge in [-0.3, -0.25) is 4.68 Å². The van der Waals surface area contributed by atoms with Crippen molar-refractivity contribution in [2.75, 3.05) is 11.9 Å². The summed E-state index contributed by atoms with van der Waals surface area (Å²) in [6.45, 7) is 3.07. The lowest BCUT2D eigenvalue weighted by molar-refractivity contribution is 0.481. The van der Waals surface area contributed by atoms with Crippen LogP contribution in [-0.4, -0.2) is 26.1 Å². The second kappa shape index (κ2) is 3.37. The first-order chi connectivity index (χ1) is 7.75. The molecule has 1 aliphatic heterocycles. The van der Waals surface area contributed by atoms with Crippen molar-refractivity contribution in [1.82, 2.24) is 19.6 Å². The molecule has 1 unspecified atom stereocenters. The van der Waals surface area contributed by atoms with Gasteiger partial charge in [0.05, 0.1) is 18.4 Å². The van der Waals surface area contributed by atoms with Gasteiger partial charge in [-0.25, -0.2) is 4.68 Å². The maximum absolute atomic E-state index is 4.44. The standard InChI is InChI=1S/C11H15N5/c1-8-5-14-16-10(3-4-12-11(8)16)9-6-13-15(2)7-9/h5-7,10,12H,3-4H2,1-2H3. The second-order valence-corrected chi connectivity index (χ2v) is 4.30. The lowest BCUT2D eigenvalue weighted by Crippen LogP contribution is -2.24. The van der Waals surface area contributed by atoms with E-state index < -0.39 is 0 Å². The predicted octanol–water partition coefficient (Wildman–Crippen LogP) is 1.33. The zero-order valence-corrected chi connectivity index (χ0v) is 9.51. The molecule has 5 nitrogen and oxygen atoms in total. The SMILES string of the molecule is Cc1cnn2c1NCCC2c1cnn(C)c1. The van der Waals surface area contributed by atoms with E-state index in [0.29, 0.717) is 6.04 Å². The second-order valence-electron chi connectivity index (χ2n) is 4.30. The van der Waals surface area contributed by atoms with Gasteiger partial charge in [0.15, 0.2) is 0 Å². The number of fused-ring (bicyclic) bond motifs is 1. The van der Waals surface area contributed by atoms with E-state index in [1.807, 2.05) is 24.1 Å². The van der Waals surface area contributed by atoms with Crippen molar-refractivity contribution < 1.29 is 0 Å². The number of nitrogens with zero attached hydrogens (tertiary/aromatic N) is 4. The van der Waals surface area contributed by atoms with Crippen molar-refractivity contribution in [3.05, 3.63) is 29.7 Å². The molecule has 5 heteroatoms. The molecule has 0 spiro atoms. The summed E-state index contributed by atoms with van der Waals surface area (Å²) in [4.78, 5) is 0. The molecular formula is C11H15N5. The molecule has 2 aromatic heterocycles. The third-order valence-corrected chi connectivity index (χ3v) is 3.09. The first-order valence-electron chi connectivity index (χ1n) is 5.52. The number of aryl methyl sites for hydroxylation is 2. The molecule has 84 valence electrons. The van der Waals surface area contributed by atoms with Crippen LogP contribution in [0.15, 0.2) is 18.6 Å². The minimum Gasteiger partial charge on any atom is -0.370 e. The van der Waals surface area contributed by atoms with Gasteiger partial charge in [-0.05, 0) is 13.3 Å². The van der Waals surface area contributed by atoms with Crippen LogP contribution in [-0.2, 0) is 7.05 Å². The third-order valence-electron chi connectivity index (χ3n) is 3.09. The molecule has 1 N–H and O–H groups in total. The first-order valence-corrected chi connectivity index (χ1v) is 5.52. The third kappa shape index (κ3) is 1.31. The van der Waals surface area contributed by atoms with E-state index in [9.17, 15) is 0 Å². The van der Waals surface area contributed by atoms with E-state index in [4.69, 9.17) is 0 Å². The molecule has 1 atom stereocenters. The van der Waals surface area contributed by atoms with Gasteiger partial charge in [-0.2, -0.15) is 10.2 Å². The Balaban J connectivity index is 2.05. The number of rotatable bonds is 1. The molecule has 0 fully saturated rings. The molecule has 0 aromatic carbocycles. The van der Waals surface area contributed by atoms with Crippen LogP contribution in [0.4, 0.5) is 5.82 Å². The molecule has 3 rings (SSSR count). The van der Waals surface area contributed by atoms with Crippen LogP contribution < -0.4 is 5.32 Å². The highest BCUT2D eigenvalue weighted by molar-refractivity contribution is 5.45. The van der Waals surface area contributed by atoms with Crippen LogP contribution in [0.2, 0.25) is 0 Å². The van der Waals surface area contributed by atoms with Crippen LogP contribution in [0.5, 0.6) is 0 Å². The molecule has 0 saturated heterocycles. The number of nitrogens with one attached hydrogen (secondary N) is 1. The Morgan fingerprint density at radius 2 is 2.25 bits per heavy atom. The zero-order valence-electron chi connectivity index (χ0n) is 9.51. The summed E-state index contributed by atoms with van der Waals surface area (Å²) in [6.07, 6.45) is 6.96. The zero-order chi connectivity index (χ0) is 11.1. The lowest BCUT2D eigenvalue weighted by atomic mass is 10.1. The fourth-order valence-corrected chi connectivity index (χ4v) is 2.27. The quantitative estimate of drug-likeness (QED) is 0.784. The smallest absolute Gasteiger partial charge is 0.127 e. The molecule has 16 heavy (non-hydrogen) atoms. The molecule has 1 aliphatic rings. The van der Waals surface area contributed by atoms with Gasteiger partial charge in [-0.15, -0.1) is 0 Å². The summed E-state index contributed by atoms with van der Waals surface area (Å²) in [5.41, 5.74) is 2.43. The van der Waals surface area contributed by atoms with Crippen molar-refractivity contribution >= 4 is 5.82 Å². The molecule has 0 aliphatic carbocycles. The Kier molecular flexibility index (Phi) is 1.99. The fourth-order valence-electron chi connectivity index (χ4n) is 2.27. The molecule has 0 radical (unpaired) electrons. The Labute approximate surface area is 94.1 Å². The van der Waals surface area contributed by atoms with Crippen molar-refractivity contribution in [1.29, 1.82) is 0 Å². The van der Waals surface area contributed by atoms with Crippen LogP contribution >= 0.6 is 0 Å². The molecular weight excluding hydrogens is 202 g/mol. The van der Waals surface area contributed by atoms with E-state index >= 15 is 0 Å². The lowest BCUT2D eigenvalue weighted by Gasteiger charge is -2.25.